The normalized spacial score (nSPS) is 11.2. The Kier molecular flexibility index (Phi) is 2.92. The van der Waals surface area contributed by atoms with Crippen LogP contribution in [-0.4, -0.2) is 12.0 Å². The topological polar surface area (TPSA) is 78.4 Å². The molecule has 1 aromatic rings. The van der Waals surface area contributed by atoms with E-state index in [1.54, 1.807) is 0 Å². The lowest BCUT2D eigenvalue weighted by Gasteiger charge is -2.10. The summed E-state index contributed by atoms with van der Waals surface area (Å²) in [5, 5.41) is 10.5. The Morgan fingerprint density at radius 1 is 1.44 bits per heavy atom. The van der Waals surface area contributed by atoms with Gasteiger partial charge in [0.1, 0.15) is 0 Å². The van der Waals surface area contributed by atoms with Crippen molar-refractivity contribution in [2.24, 2.45) is 0 Å². The number of halogens is 3. The predicted octanol–water partition coefficient (Wildman–Crippen LogP) is 2.20. The van der Waals surface area contributed by atoms with Crippen LogP contribution in [-0.2, 0) is 6.18 Å². The standard InChI is InChI=1S/C8H7F3N2O3/c1-16-7-5(12)2-4(8(9,10)11)3-6(7)13(14)15/h2-3H,12H2,1H3. The molecule has 0 amide bonds. The Balaban J connectivity index is 3.46. The van der Waals surface area contributed by atoms with Gasteiger partial charge in [-0.2, -0.15) is 13.2 Å². The van der Waals surface area contributed by atoms with Crippen molar-refractivity contribution >= 4 is 11.4 Å². The summed E-state index contributed by atoms with van der Waals surface area (Å²) < 4.78 is 41.6. The number of hydrogen-bond donors (Lipinski definition) is 1. The van der Waals surface area contributed by atoms with Gasteiger partial charge in [-0.3, -0.25) is 10.1 Å². The van der Waals surface area contributed by atoms with Crippen LogP contribution in [0.15, 0.2) is 12.1 Å². The summed E-state index contributed by atoms with van der Waals surface area (Å²) in [7, 11) is 1.09. The highest BCUT2D eigenvalue weighted by Crippen LogP contribution is 2.39. The van der Waals surface area contributed by atoms with Gasteiger partial charge in [-0.25, -0.2) is 0 Å². The van der Waals surface area contributed by atoms with E-state index in [1.165, 1.54) is 0 Å². The number of rotatable bonds is 2. The van der Waals surface area contributed by atoms with E-state index in [2.05, 4.69) is 4.74 Å². The fourth-order valence-corrected chi connectivity index (χ4v) is 1.16. The maximum Gasteiger partial charge on any atom is 0.416 e. The third-order valence-corrected chi connectivity index (χ3v) is 1.83. The van der Waals surface area contributed by atoms with Crippen molar-refractivity contribution < 1.29 is 22.8 Å². The highest BCUT2D eigenvalue weighted by Gasteiger charge is 2.34. The lowest BCUT2D eigenvalue weighted by molar-refractivity contribution is -0.385. The molecule has 5 nitrogen and oxygen atoms in total. The molecule has 0 bridgehead atoms. The molecule has 0 unspecified atom stereocenters. The van der Waals surface area contributed by atoms with Crippen molar-refractivity contribution in [1.82, 2.24) is 0 Å². The molecule has 0 saturated heterocycles. The number of benzene rings is 1. The van der Waals surface area contributed by atoms with Gasteiger partial charge in [0.15, 0.2) is 0 Å². The third-order valence-electron chi connectivity index (χ3n) is 1.83. The number of nitrogens with two attached hydrogens (primary N) is 1. The first kappa shape index (κ1) is 12.1. The highest BCUT2D eigenvalue weighted by molar-refractivity contribution is 5.65. The van der Waals surface area contributed by atoms with Crippen molar-refractivity contribution in [2.45, 2.75) is 6.18 Å². The van der Waals surface area contributed by atoms with Crippen molar-refractivity contribution in [3.8, 4) is 5.75 Å². The Hall–Kier alpha value is -1.99. The number of alkyl halides is 3. The summed E-state index contributed by atoms with van der Waals surface area (Å²) in [5.41, 5.74) is 2.82. The quantitative estimate of drug-likeness (QED) is 0.485. The molecule has 16 heavy (non-hydrogen) atoms. The number of anilines is 1. The van der Waals surface area contributed by atoms with Gasteiger partial charge in [0, 0.05) is 6.07 Å². The average molecular weight is 236 g/mol. The van der Waals surface area contributed by atoms with Gasteiger partial charge < -0.3 is 10.5 Å². The van der Waals surface area contributed by atoms with Crippen LogP contribution in [0.2, 0.25) is 0 Å². The summed E-state index contributed by atoms with van der Waals surface area (Å²) in [5.74, 6) is -0.377. The largest absolute Gasteiger partial charge is 0.489 e. The molecule has 0 aliphatic heterocycles. The van der Waals surface area contributed by atoms with E-state index in [0.29, 0.717) is 12.1 Å². The fraction of sp³-hybridized carbons (Fsp3) is 0.250. The second-order valence-corrected chi connectivity index (χ2v) is 2.87. The van der Waals surface area contributed by atoms with Gasteiger partial charge in [0.2, 0.25) is 5.75 Å². The van der Waals surface area contributed by atoms with Crippen molar-refractivity contribution in [3.63, 3.8) is 0 Å². The van der Waals surface area contributed by atoms with Crippen LogP contribution < -0.4 is 10.5 Å². The minimum atomic E-state index is -4.69. The van der Waals surface area contributed by atoms with Crippen LogP contribution in [0, 0.1) is 10.1 Å². The SMILES string of the molecule is COc1c(N)cc(C(F)(F)F)cc1[N+](=O)[O-]. The number of nitrogen functional groups attached to an aromatic ring is 1. The molecule has 2 N–H and O–H groups in total. The molecule has 0 atom stereocenters. The van der Waals surface area contributed by atoms with Crippen molar-refractivity contribution in [2.75, 3.05) is 12.8 Å². The lowest BCUT2D eigenvalue weighted by Crippen LogP contribution is -2.08. The number of nitrogens with zero attached hydrogens (tertiary/aromatic N) is 1. The zero-order valence-corrected chi connectivity index (χ0v) is 8.04. The molecule has 0 radical (unpaired) electrons. The van der Waals surface area contributed by atoms with Gasteiger partial charge in [-0.05, 0) is 6.07 Å². The van der Waals surface area contributed by atoms with Crippen molar-refractivity contribution in [3.05, 3.63) is 27.8 Å². The van der Waals surface area contributed by atoms with E-state index >= 15 is 0 Å². The number of nitro benzene ring substituents is 1. The molecule has 1 aromatic carbocycles. The van der Waals surface area contributed by atoms with Gasteiger partial charge in [0.05, 0.1) is 23.3 Å². The molecule has 0 fully saturated rings. The first-order valence-electron chi connectivity index (χ1n) is 3.96. The Labute approximate surface area is 87.8 Å². The number of methoxy groups -OCH3 is 1. The van der Waals surface area contributed by atoms with Crippen LogP contribution in [0.4, 0.5) is 24.5 Å². The van der Waals surface area contributed by atoms with E-state index in [9.17, 15) is 23.3 Å². The fourth-order valence-electron chi connectivity index (χ4n) is 1.16. The van der Waals surface area contributed by atoms with E-state index in [-0.39, 0.29) is 5.75 Å². The summed E-state index contributed by atoms with van der Waals surface area (Å²) in [6.07, 6.45) is -4.69. The predicted molar refractivity (Wildman–Crippen MR) is 49.1 cm³/mol. The number of ether oxygens (including phenoxy) is 1. The molecule has 0 aliphatic rings. The van der Waals surface area contributed by atoms with Crippen LogP contribution in [0.5, 0.6) is 5.75 Å². The third kappa shape index (κ3) is 2.15. The second kappa shape index (κ2) is 3.87. The van der Waals surface area contributed by atoms with E-state index < -0.39 is 28.0 Å². The monoisotopic (exact) mass is 236 g/mol. The molecule has 0 saturated carbocycles. The zero-order valence-electron chi connectivity index (χ0n) is 8.04. The van der Waals surface area contributed by atoms with Gasteiger partial charge in [-0.15, -0.1) is 0 Å². The number of hydrogen-bond acceptors (Lipinski definition) is 4. The van der Waals surface area contributed by atoms with E-state index in [4.69, 9.17) is 5.73 Å². The summed E-state index contributed by atoms with van der Waals surface area (Å²) >= 11 is 0. The van der Waals surface area contributed by atoms with Gasteiger partial charge in [0.25, 0.3) is 0 Å². The summed E-state index contributed by atoms with van der Waals surface area (Å²) in [6, 6.07) is 0.973. The minimum absolute atomic E-state index is 0.377. The van der Waals surface area contributed by atoms with Crippen molar-refractivity contribution in [1.29, 1.82) is 0 Å². The van der Waals surface area contributed by atoms with Crippen LogP contribution in [0.25, 0.3) is 0 Å². The van der Waals surface area contributed by atoms with Gasteiger partial charge in [-0.1, -0.05) is 0 Å². The Morgan fingerprint density at radius 2 is 2.00 bits per heavy atom. The maximum absolute atomic E-state index is 12.3. The molecule has 0 aromatic heterocycles. The average Bonchev–Trinajstić information content (AvgIpc) is 2.14. The molecular formula is C8H7F3N2O3. The maximum atomic E-state index is 12.3. The minimum Gasteiger partial charge on any atom is -0.489 e. The molecule has 0 aliphatic carbocycles. The van der Waals surface area contributed by atoms with Crippen LogP contribution in [0.1, 0.15) is 5.56 Å². The van der Waals surface area contributed by atoms with E-state index in [1.807, 2.05) is 0 Å². The van der Waals surface area contributed by atoms with Crippen LogP contribution in [0.3, 0.4) is 0 Å². The smallest absolute Gasteiger partial charge is 0.416 e. The van der Waals surface area contributed by atoms with Crippen LogP contribution >= 0.6 is 0 Å². The zero-order chi connectivity index (χ0) is 12.5. The molecular weight excluding hydrogens is 229 g/mol. The first-order chi connectivity index (χ1) is 7.27. The molecule has 8 heteroatoms. The summed E-state index contributed by atoms with van der Waals surface area (Å²) in [6.45, 7) is 0. The Bertz CT molecular complexity index is 431. The first-order valence-corrected chi connectivity index (χ1v) is 3.96. The molecule has 1 rings (SSSR count). The molecule has 88 valence electrons. The van der Waals surface area contributed by atoms with Gasteiger partial charge >= 0.3 is 11.9 Å². The molecule has 0 spiro atoms. The van der Waals surface area contributed by atoms with E-state index in [0.717, 1.165) is 7.11 Å². The summed E-state index contributed by atoms with van der Waals surface area (Å²) in [4.78, 5) is 9.53. The number of nitro groups is 1. The Morgan fingerprint density at radius 3 is 2.38 bits per heavy atom. The lowest BCUT2D eigenvalue weighted by atomic mass is 10.1. The molecule has 0 heterocycles. The highest BCUT2D eigenvalue weighted by atomic mass is 19.4. The second-order valence-electron chi connectivity index (χ2n) is 2.87.